The Balaban J connectivity index is 1.08. The molecule has 0 spiro atoms. The van der Waals surface area contributed by atoms with Crippen molar-refractivity contribution in [2.45, 2.75) is 51.6 Å². The van der Waals surface area contributed by atoms with E-state index in [0.29, 0.717) is 23.2 Å². The Hall–Kier alpha value is -4.46. The van der Waals surface area contributed by atoms with Gasteiger partial charge in [0.05, 0.1) is 24.8 Å². The monoisotopic (exact) mass is 536 g/mol. The third-order valence-electron chi connectivity index (χ3n) is 7.07. The van der Waals surface area contributed by atoms with E-state index in [9.17, 15) is 9.59 Å². The van der Waals surface area contributed by atoms with Gasteiger partial charge in [-0.15, -0.1) is 0 Å². The number of carbonyl (C=O) groups excluding carboxylic acids is 2. The lowest BCUT2D eigenvalue weighted by Crippen LogP contribution is -2.27. The fraction of sp³-hybridized carbons (Fsp3) is 0.312. The van der Waals surface area contributed by atoms with Crippen LogP contribution in [-0.2, 0) is 12.8 Å². The van der Waals surface area contributed by atoms with Crippen molar-refractivity contribution in [1.29, 1.82) is 0 Å². The molecule has 5 rings (SSSR count). The molecule has 4 N–H and O–H groups in total. The van der Waals surface area contributed by atoms with Crippen LogP contribution >= 0.6 is 0 Å². The molecule has 0 fully saturated rings. The zero-order valence-corrected chi connectivity index (χ0v) is 23.0. The third-order valence-corrected chi connectivity index (χ3v) is 7.07. The van der Waals surface area contributed by atoms with Crippen molar-refractivity contribution in [3.63, 3.8) is 0 Å². The van der Waals surface area contributed by atoms with Crippen LogP contribution in [0.15, 0.2) is 82.8 Å². The van der Waals surface area contributed by atoms with E-state index in [1.165, 1.54) is 11.1 Å². The van der Waals surface area contributed by atoms with E-state index in [1.807, 2.05) is 48.5 Å². The summed E-state index contributed by atoms with van der Waals surface area (Å²) in [5, 5.41) is 12.6. The average Bonchev–Trinajstić information content (AvgIpc) is 3.59. The highest BCUT2D eigenvalue weighted by molar-refractivity contribution is 6.07. The number of nitrogens with zero attached hydrogens (tertiary/aromatic N) is 2. The fourth-order valence-corrected chi connectivity index (χ4v) is 4.76. The number of aliphatic imine (C=N–C) groups is 2. The van der Waals surface area contributed by atoms with Crippen LogP contribution in [0.25, 0.3) is 0 Å². The van der Waals surface area contributed by atoms with Gasteiger partial charge in [0, 0.05) is 47.4 Å². The number of anilines is 2. The second-order valence-corrected chi connectivity index (χ2v) is 10.5. The Morgan fingerprint density at radius 3 is 1.32 bits per heavy atom. The zero-order chi connectivity index (χ0) is 27.9. The van der Waals surface area contributed by atoms with E-state index in [0.717, 1.165) is 61.8 Å². The van der Waals surface area contributed by atoms with E-state index < -0.39 is 0 Å². The summed E-state index contributed by atoms with van der Waals surface area (Å²) in [6, 6.07) is 23.2. The lowest BCUT2D eigenvalue weighted by atomic mass is 10.1. The lowest BCUT2D eigenvalue weighted by molar-refractivity contribution is 0.101. The van der Waals surface area contributed by atoms with Gasteiger partial charge in [-0.25, -0.2) is 0 Å². The largest absolute Gasteiger partial charge is 0.370 e. The molecule has 2 amide bonds. The Bertz CT molecular complexity index is 1290. The van der Waals surface area contributed by atoms with Crippen molar-refractivity contribution < 1.29 is 9.59 Å². The molecular weight excluding hydrogens is 500 g/mol. The molecule has 0 aliphatic carbocycles. The summed E-state index contributed by atoms with van der Waals surface area (Å²) in [5.74, 6) is 1.69. The SMILES string of the molecule is C[C@@H]1CN=C(CCc2ccc(NC(=O)c3ccc(C(=O)Nc4ccc(CCC5=NC[C@H](C)N5)cc4)cc3)cc2)N1. The minimum atomic E-state index is -0.220. The smallest absolute Gasteiger partial charge is 0.255 e. The molecule has 8 heteroatoms. The summed E-state index contributed by atoms with van der Waals surface area (Å²) in [7, 11) is 0. The third kappa shape index (κ3) is 7.34. The molecule has 3 aromatic carbocycles. The summed E-state index contributed by atoms with van der Waals surface area (Å²) in [6.45, 7) is 5.94. The molecule has 206 valence electrons. The van der Waals surface area contributed by atoms with Crippen molar-refractivity contribution >= 4 is 34.9 Å². The molecule has 2 heterocycles. The number of hydrogen-bond acceptors (Lipinski definition) is 6. The number of nitrogens with one attached hydrogen (secondary N) is 4. The normalized spacial score (nSPS) is 17.9. The van der Waals surface area contributed by atoms with Crippen molar-refractivity contribution in [2.24, 2.45) is 9.98 Å². The topological polar surface area (TPSA) is 107 Å². The Labute approximate surface area is 235 Å². The highest BCUT2D eigenvalue weighted by Gasteiger charge is 2.14. The van der Waals surface area contributed by atoms with Crippen LogP contribution in [0.4, 0.5) is 11.4 Å². The highest BCUT2D eigenvalue weighted by Crippen LogP contribution is 2.16. The van der Waals surface area contributed by atoms with Gasteiger partial charge in [-0.05, 0) is 86.3 Å². The van der Waals surface area contributed by atoms with Crippen LogP contribution in [0.5, 0.6) is 0 Å². The maximum atomic E-state index is 12.7. The predicted octanol–water partition coefficient (Wildman–Crippen LogP) is 4.84. The molecule has 0 saturated heterocycles. The molecule has 0 bridgehead atoms. The Morgan fingerprint density at radius 2 is 1.00 bits per heavy atom. The zero-order valence-electron chi connectivity index (χ0n) is 23.0. The first-order valence-corrected chi connectivity index (χ1v) is 13.9. The number of benzene rings is 3. The van der Waals surface area contributed by atoms with Crippen molar-refractivity contribution in [3.8, 4) is 0 Å². The predicted molar refractivity (Wildman–Crippen MR) is 162 cm³/mol. The molecular formula is C32H36N6O2. The summed E-state index contributed by atoms with van der Waals surface area (Å²) in [4.78, 5) is 34.5. The second kappa shape index (κ2) is 12.6. The number of hydrogen-bond donors (Lipinski definition) is 4. The molecule has 2 aliphatic rings. The van der Waals surface area contributed by atoms with Gasteiger partial charge in [-0.1, -0.05) is 24.3 Å². The summed E-state index contributed by atoms with van der Waals surface area (Å²) in [5.41, 5.74) is 4.81. The molecule has 0 unspecified atom stereocenters. The standard InChI is InChI=1S/C32H36N6O2/c1-21-19-33-29(35-21)17-7-23-3-13-27(14-4-23)37-31(39)25-9-11-26(12-10-25)32(40)38-28-15-5-24(6-16-28)8-18-30-34-20-22(2)36-30/h3-6,9-16,21-22H,7-8,17-20H2,1-2H3,(H,33,35)(H,34,36)(H,37,39)(H,38,40)/t21-,22+. The quantitative estimate of drug-likeness (QED) is 0.298. The maximum absolute atomic E-state index is 12.7. The van der Waals surface area contributed by atoms with Gasteiger partial charge < -0.3 is 21.3 Å². The maximum Gasteiger partial charge on any atom is 0.255 e. The molecule has 0 saturated carbocycles. The number of amidine groups is 2. The van der Waals surface area contributed by atoms with Crippen molar-refractivity contribution in [1.82, 2.24) is 10.6 Å². The summed E-state index contributed by atoms with van der Waals surface area (Å²) < 4.78 is 0. The molecule has 3 aromatic rings. The van der Waals surface area contributed by atoms with Gasteiger partial charge in [-0.2, -0.15) is 0 Å². The van der Waals surface area contributed by atoms with E-state index in [-0.39, 0.29) is 11.8 Å². The van der Waals surface area contributed by atoms with Crippen LogP contribution in [0.2, 0.25) is 0 Å². The second-order valence-electron chi connectivity index (χ2n) is 10.5. The number of aryl methyl sites for hydroxylation is 2. The van der Waals surface area contributed by atoms with Gasteiger partial charge in [0.1, 0.15) is 0 Å². The van der Waals surface area contributed by atoms with Gasteiger partial charge in [0.25, 0.3) is 11.8 Å². The number of rotatable bonds is 10. The summed E-state index contributed by atoms with van der Waals surface area (Å²) in [6.07, 6.45) is 3.56. The lowest BCUT2D eigenvalue weighted by Gasteiger charge is -2.09. The van der Waals surface area contributed by atoms with Gasteiger partial charge in [0.2, 0.25) is 0 Å². The van der Waals surface area contributed by atoms with E-state index >= 15 is 0 Å². The Kier molecular flexibility index (Phi) is 8.54. The van der Waals surface area contributed by atoms with E-state index in [4.69, 9.17) is 0 Å². The van der Waals surface area contributed by atoms with E-state index in [1.54, 1.807) is 24.3 Å². The molecule has 8 nitrogen and oxygen atoms in total. The molecule has 2 aliphatic heterocycles. The van der Waals surface area contributed by atoms with Crippen molar-refractivity contribution in [2.75, 3.05) is 23.7 Å². The van der Waals surface area contributed by atoms with Crippen molar-refractivity contribution in [3.05, 3.63) is 95.1 Å². The van der Waals surface area contributed by atoms with Crippen LogP contribution < -0.4 is 21.3 Å². The molecule has 0 radical (unpaired) electrons. The first-order chi connectivity index (χ1) is 19.4. The molecule has 0 aromatic heterocycles. The molecule has 2 atom stereocenters. The van der Waals surface area contributed by atoms with Gasteiger partial charge in [0.15, 0.2) is 0 Å². The van der Waals surface area contributed by atoms with Crippen LogP contribution in [0, 0.1) is 0 Å². The summed E-state index contributed by atoms with van der Waals surface area (Å²) >= 11 is 0. The molecule has 40 heavy (non-hydrogen) atoms. The fourth-order valence-electron chi connectivity index (χ4n) is 4.76. The van der Waals surface area contributed by atoms with Gasteiger partial charge >= 0.3 is 0 Å². The van der Waals surface area contributed by atoms with Crippen LogP contribution in [0.3, 0.4) is 0 Å². The van der Waals surface area contributed by atoms with Gasteiger partial charge in [-0.3, -0.25) is 19.6 Å². The first-order valence-electron chi connectivity index (χ1n) is 13.9. The highest BCUT2D eigenvalue weighted by atomic mass is 16.2. The first kappa shape index (κ1) is 27.1. The van der Waals surface area contributed by atoms with E-state index in [2.05, 4.69) is 45.1 Å². The number of carbonyl (C=O) groups is 2. The number of amides is 2. The Morgan fingerprint density at radius 1 is 0.625 bits per heavy atom. The minimum absolute atomic E-state index is 0.220. The minimum Gasteiger partial charge on any atom is -0.370 e. The van der Waals surface area contributed by atoms with Crippen LogP contribution in [0.1, 0.15) is 58.5 Å². The average molecular weight is 537 g/mol. The van der Waals surface area contributed by atoms with Crippen LogP contribution in [-0.4, -0.2) is 48.7 Å².